The number of H-pyrrole nitrogens is 1. The fourth-order valence-corrected chi connectivity index (χ4v) is 2.36. The van der Waals surface area contributed by atoms with E-state index in [1.54, 1.807) is 6.07 Å². The Balaban J connectivity index is 1.84. The molecule has 5 nitrogen and oxygen atoms in total. The molecule has 0 saturated carbocycles. The van der Waals surface area contributed by atoms with E-state index in [9.17, 15) is 0 Å². The third kappa shape index (κ3) is 2.37. The molecule has 0 spiro atoms. The number of aromatic nitrogens is 4. The van der Waals surface area contributed by atoms with E-state index >= 15 is 0 Å². The highest BCUT2D eigenvalue weighted by molar-refractivity contribution is 6.29. The van der Waals surface area contributed by atoms with E-state index < -0.39 is 0 Å². The summed E-state index contributed by atoms with van der Waals surface area (Å²) in [7, 11) is 0. The van der Waals surface area contributed by atoms with Gasteiger partial charge in [0.05, 0.1) is 0 Å². The molecule has 0 unspecified atom stereocenters. The summed E-state index contributed by atoms with van der Waals surface area (Å²) in [5.74, 6) is 2.01. The zero-order valence-electron chi connectivity index (χ0n) is 9.86. The minimum Gasteiger partial charge on any atom is -0.317 e. The van der Waals surface area contributed by atoms with Crippen LogP contribution >= 0.6 is 11.6 Å². The van der Waals surface area contributed by atoms with Crippen molar-refractivity contribution >= 4 is 11.6 Å². The summed E-state index contributed by atoms with van der Waals surface area (Å²) in [6.45, 7) is 2.06. The van der Waals surface area contributed by atoms with Crippen LogP contribution in [0.2, 0.25) is 5.15 Å². The maximum atomic E-state index is 5.87. The highest BCUT2D eigenvalue weighted by Gasteiger charge is 2.19. The van der Waals surface area contributed by atoms with Gasteiger partial charge in [0, 0.05) is 5.92 Å². The molecule has 1 aliphatic heterocycles. The first-order valence-corrected chi connectivity index (χ1v) is 6.46. The smallest absolute Gasteiger partial charge is 0.174 e. The third-order valence-corrected chi connectivity index (χ3v) is 3.38. The highest BCUT2D eigenvalue weighted by Crippen LogP contribution is 2.23. The lowest BCUT2D eigenvalue weighted by Gasteiger charge is -2.19. The molecule has 3 rings (SSSR count). The lowest BCUT2D eigenvalue weighted by molar-refractivity contribution is 0.446. The average Bonchev–Trinajstić information content (AvgIpc) is 2.89. The maximum absolute atomic E-state index is 5.87. The summed E-state index contributed by atoms with van der Waals surface area (Å²) in [4.78, 5) is 8.75. The third-order valence-electron chi connectivity index (χ3n) is 3.16. The van der Waals surface area contributed by atoms with Crippen molar-refractivity contribution in [1.82, 2.24) is 25.5 Å². The van der Waals surface area contributed by atoms with Crippen molar-refractivity contribution in [2.75, 3.05) is 13.1 Å². The molecule has 0 atom stereocenters. The average molecular weight is 264 g/mol. The molecular formula is C12H14ClN5. The van der Waals surface area contributed by atoms with Crippen molar-refractivity contribution in [1.29, 1.82) is 0 Å². The number of aromatic amines is 1. The Bertz CT molecular complexity index is 533. The van der Waals surface area contributed by atoms with Crippen LogP contribution < -0.4 is 5.32 Å². The predicted octanol–water partition coefficient (Wildman–Crippen LogP) is 1.99. The Morgan fingerprint density at radius 2 is 2.00 bits per heavy atom. The van der Waals surface area contributed by atoms with Gasteiger partial charge in [0.1, 0.15) is 10.8 Å². The molecule has 94 valence electrons. The Morgan fingerprint density at radius 1 is 1.17 bits per heavy atom. The van der Waals surface area contributed by atoms with E-state index in [2.05, 4.69) is 25.5 Å². The first kappa shape index (κ1) is 11.6. The van der Waals surface area contributed by atoms with Crippen LogP contribution in [0.25, 0.3) is 11.5 Å². The minimum atomic E-state index is 0.440. The Labute approximate surface area is 110 Å². The van der Waals surface area contributed by atoms with Gasteiger partial charge in [-0.2, -0.15) is 5.10 Å². The second kappa shape index (κ2) is 5.04. The second-order valence-electron chi connectivity index (χ2n) is 4.41. The normalized spacial score (nSPS) is 16.9. The zero-order valence-corrected chi connectivity index (χ0v) is 10.6. The molecule has 0 amide bonds. The lowest BCUT2D eigenvalue weighted by Crippen LogP contribution is -2.27. The topological polar surface area (TPSA) is 66.5 Å². The number of rotatable bonds is 2. The molecule has 0 radical (unpaired) electrons. The maximum Gasteiger partial charge on any atom is 0.174 e. The van der Waals surface area contributed by atoms with Gasteiger partial charge in [-0.25, -0.2) is 9.97 Å². The minimum absolute atomic E-state index is 0.440. The van der Waals surface area contributed by atoms with Gasteiger partial charge in [0.15, 0.2) is 11.6 Å². The van der Waals surface area contributed by atoms with Gasteiger partial charge in [-0.15, -0.1) is 0 Å². The van der Waals surface area contributed by atoms with E-state index in [0.717, 1.165) is 37.4 Å². The van der Waals surface area contributed by atoms with Crippen molar-refractivity contribution < 1.29 is 0 Å². The molecule has 0 bridgehead atoms. The molecule has 2 aromatic heterocycles. The molecular weight excluding hydrogens is 250 g/mol. The molecule has 1 saturated heterocycles. The predicted molar refractivity (Wildman–Crippen MR) is 69.5 cm³/mol. The SMILES string of the molecule is Clc1cccc(-c2nc(C3CCNCC3)n[nH]2)n1. The number of piperidine rings is 1. The van der Waals surface area contributed by atoms with Crippen molar-refractivity contribution in [2.45, 2.75) is 18.8 Å². The van der Waals surface area contributed by atoms with Crippen molar-refractivity contribution in [2.24, 2.45) is 0 Å². The zero-order chi connectivity index (χ0) is 12.4. The molecule has 18 heavy (non-hydrogen) atoms. The first-order chi connectivity index (χ1) is 8.83. The van der Waals surface area contributed by atoms with Crippen LogP contribution in [-0.4, -0.2) is 33.3 Å². The number of nitrogens with zero attached hydrogens (tertiary/aromatic N) is 3. The second-order valence-corrected chi connectivity index (χ2v) is 4.80. The summed E-state index contributed by atoms with van der Waals surface area (Å²) < 4.78 is 0. The van der Waals surface area contributed by atoms with Crippen molar-refractivity contribution in [3.63, 3.8) is 0 Å². The first-order valence-electron chi connectivity index (χ1n) is 6.09. The summed E-state index contributed by atoms with van der Waals surface area (Å²) in [5.41, 5.74) is 0.732. The molecule has 2 N–H and O–H groups in total. The molecule has 1 fully saturated rings. The number of nitrogens with one attached hydrogen (secondary N) is 2. The number of pyridine rings is 1. The summed E-state index contributed by atoms with van der Waals surface area (Å²) in [5, 5.41) is 11.0. The van der Waals surface area contributed by atoms with E-state index in [4.69, 9.17) is 11.6 Å². The van der Waals surface area contributed by atoms with E-state index in [0.29, 0.717) is 16.9 Å². The van der Waals surface area contributed by atoms with Crippen LogP contribution in [0.4, 0.5) is 0 Å². The van der Waals surface area contributed by atoms with Crippen molar-refractivity contribution in [3.05, 3.63) is 29.2 Å². The van der Waals surface area contributed by atoms with Crippen molar-refractivity contribution in [3.8, 4) is 11.5 Å². The van der Waals surface area contributed by atoms with Gasteiger partial charge in [0.25, 0.3) is 0 Å². The molecule has 3 heterocycles. The van der Waals surface area contributed by atoms with Crippen LogP contribution in [0.1, 0.15) is 24.6 Å². The summed E-state index contributed by atoms with van der Waals surface area (Å²) in [6, 6.07) is 5.48. The Hall–Kier alpha value is -1.46. The van der Waals surface area contributed by atoms with Gasteiger partial charge in [-0.05, 0) is 38.1 Å². The van der Waals surface area contributed by atoms with Crippen LogP contribution in [0.3, 0.4) is 0 Å². The molecule has 0 aliphatic carbocycles. The highest BCUT2D eigenvalue weighted by atomic mass is 35.5. The lowest BCUT2D eigenvalue weighted by atomic mass is 9.98. The Kier molecular flexibility index (Phi) is 3.25. The molecule has 0 aromatic carbocycles. The number of hydrogen-bond acceptors (Lipinski definition) is 4. The van der Waals surface area contributed by atoms with Gasteiger partial charge in [-0.3, -0.25) is 5.10 Å². The monoisotopic (exact) mass is 263 g/mol. The van der Waals surface area contributed by atoms with Gasteiger partial charge >= 0.3 is 0 Å². The number of halogens is 1. The van der Waals surface area contributed by atoms with Crippen LogP contribution in [0, 0.1) is 0 Å². The van der Waals surface area contributed by atoms with Crippen LogP contribution in [0.5, 0.6) is 0 Å². The van der Waals surface area contributed by atoms with Gasteiger partial charge in [-0.1, -0.05) is 17.7 Å². The van der Waals surface area contributed by atoms with E-state index in [1.807, 2.05) is 12.1 Å². The molecule has 1 aliphatic rings. The van der Waals surface area contributed by atoms with Crippen LogP contribution in [0.15, 0.2) is 18.2 Å². The molecule has 6 heteroatoms. The fourth-order valence-electron chi connectivity index (χ4n) is 2.19. The Morgan fingerprint density at radius 3 is 2.78 bits per heavy atom. The summed E-state index contributed by atoms with van der Waals surface area (Å²) >= 11 is 5.87. The van der Waals surface area contributed by atoms with Crippen LogP contribution in [-0.2, 0) is 0 Å². The standard InChI is InChI=1S/C12H14ClN5/c13-10-3-1-2-9(15-10)12-16-11(17-18-12)8-4-6-14-7-5-8/h1-3,8,14H,4-7H2,(H,16,17,18). The quantitative estimate of drug-likeness (QED) is 0.813. The van der Waals surface area contributed by atoms with E-state index in [-0.39, 0.29) is 0 Å². The molecule has 2 aromatic rings. The van der Waals surface area contributed by atoms with Gasteiger partial charge in [0.2, 0.25) is 0 Å². The van der Waals surface area contributed by atoms with Gasteiger partial charge < -0.3 is 5.32 Å². The van der Waals surface area contributed by atoms with E-state index in [1.165, 1.54) is 0 Å². The largest absolute Gasteiger partial charge is 0.317 e. The number of hydrogen-bond donors (Lipinski definition) is 2. The fraction of sp³-hybridized carbons (Fsp3) is 0.417. The summed E-state index contributed by atoms with van der Waals surface area (Å²) in [6.07, 6.45) is 2.17.